The number of rotatable bonds is 1. The lowest BCUT2D eigenvalue weighted by Crippen LogP contribution is -2.11. The van der Waals surface area contributed by atoms with Gasteiger partial charge < -0.3 is 15.9 Å². The minimum atomic E-state index is -0.765. The van der Waals surface area contributed by atoms with E-state index in [0.717, 1.165) is 6.07 Å². The molecule has 72 valence electrons. The number of hydrogen-bond acceptors (Lipinski definition) is 3. The number of halogens is 1. The van der Waals surface area contributed by atoms with Crippen LogP contribution in [-0.2, 0) is 0 Å². The molecule has 14 heavy (non-hydrogen) atoms. The minimum Gasteiger partial charge on any atom is -0.449 e. The number of primary amides is 1. The van der Waals surface area contributed by atoms with Crippen molar-refractivity contribution >= 4 is 22.6 Å². The summed E-state index contributed by atoms with van der Waals surface area (Å²) >= 11 is 0. The molecule has 0 unspecified atom stereocenters. The predicted octanol–water partition coefficient (Wildman–Crippen LogP) is 1.25. The van der Waals surface area contributed by atoms with E-state index >= 15 is 0 Å². The van der Waals surface area contributed by atoms with E-state index in [4.69, 9.17) is 15.9 Å². The van der Waals surface area contributed by atoms with Crippen LogP contribution in [0.5, 0.6) is 0 Å². The van der Waals surface area contributed by atoms with Crippen molar-refractivity contribution in [1.82, 2.24) is 0 Å². The topological polar surface area (TPSA) is 82.2 Å². The maximum Gasteiger partial charge on any atom is 0.286 e. The molecular formula is C9H7FN2O2. The van der Waals surface area contributed by atoms with Gasteiger partial charge in [0.1, 0.15) is 11.4 Å². The Kier molecular flexibility index (Phi) is 1.67. The van der Waals surface area contributed by atoms with Crippen molar-refractivity contribution in [1.29, 1.82) is 0 Å². The lowest BCUT2D eigenvalue weighted by molar-refractivity contribution is 0.0977. The molecule has 4 nitrogen and oxygen atoms in total. The van der Waals surface area contributed by atoms with Gasteiger partial charge in [-0.05, 0) is 12.1 Å². The van der Waals surface area contributed by atoms with E-state index < -0.39 is 11.7 Å². The van der Waals surface area contributed by atoms with Gasteiger partial charge in [0.05, 0.1) is 5.69 Å². The molecule has 0 fully saturated rings. The zero-order chi connectivity index (χ0) is 10.3. The number of nitrogens with two attached hydrogens (primary N) is 2. The second-order valence-corrected chi connectivity index (χ2v) is 2.85. The molecule has 0 radical (unpaired) electrons. The average Bonchev–Trinajstić information content (AvgIpc) is 2.43. The summed E-state index contributed by atoms with van der Waals surface area (Å²) in [6, 6.07) is 3.83. The summed E-state index contributed by atoms with van der Waals surface area (Å²) in [6.07, 6.45) is 0. The van der Waals surface area contributed by atoms with Crippen LogP contribution < -0.4 is 11.5 Å². The highest BCUT2D eigenvalue weighted by Gasteiger charge is 2.15. The molecule has 4 N–H and O–H groups in total. The van der Waals surface area contributed by atoms with Crippen molar-refractivity contribution in [3.8, 4) is 0 Å². The van der Waals surface area contributed by atoms with E-state index in [2.05, 4.69) is 0 Å². The normalized spacial score (nSPS) is 10.6. The molecule has 0 bridgehead atoms. The van der Waals surface area contributed by atoms with Gasteiger partial charge in [0.15, 0.2) is 0 Å². The first kappa shape index (κ1) is 8.55. The SMILES string of the molecule is NC(=O)c1oc2cc(F)ccc2c1N. The lowest BCUT2D eigenvalue weighted by Gasteiger charge is -1.89. The Morgan fingerprint density at radius 3 is 2.79 bits per heavy atom. The number of furan rings is 1. The zero-order valence-corrected chi connectivity index (χ0v) is 7.08. The summed E-state index contributed by atoms with van der Waals surface area (Å²) in [5, 5.41) is 0.486. The molecule has 5 heteroatoms. The summed E-state index contributed by atoms with van der Waals surface area (Å²) in [6.45, 7) is 0. The summed E-state index contributed by atoms with van der Waals surface area (Å²) in [5.74, 6) is -1.35. The molecule has 0 spiro atoms. The Balaban J connectivity index is 2.79. The predicted molar refractivity (Wildman–Crippen MR) is 49.1 cm³/mol. The maximum atomic E-state index is 12.8. The van der Waals surface area contributed by atoms with Crippen LogP contribution in [-0.4, -0.2) is 5.91 Å². The number of carbonyl (C=O) groups excluding carboxylic acids is 1. The monoisotopic (exact) mass is 194 g/mol. The van der Waals surface area contributed by atoms with Crippen LogP contribution in [0, 0.1) is 5.82 Å². The molecule has 1 aromatic carbocycles. The molecule has 1 aromatic heterocycles. The molecule has 0 aliphatic rings. The number of nitrogen functional groups attached to an aromatic ring is 1. The van der Waals surface area contributed by atoms with Crippen LogP contribution >= 0.6 is 0 Å². The van der Waals surface area contributed by atoms with Crippen molar-refractivity contribution < 1.29 is 13.6 Å². The Morgan fingerprint density at radius 2 is 2.14 bits per heavy atom. The Labute approximate surface area is 78.3 Å². The smallest absolute Gasteiger partial charge is 0.286 e. The van der Waals surface area contributed by atoms with E-state index in [-0.39, 0.29) is 17.0 Å². The van der Waals surface area contributed by atoms with Crippen LogP contribution in [0.4, 0.5) is 10.1 Å². The third-order valence-electron chi connectivity index (χ3n) is 1.91. The minimum absolute atomic E-state index is 0.134. The van der Waals surface area contributed by atoms with Gasteiger partial charge in [-0.3, -0.25) is 4.79 Å². The fourth-order valence-corrected chi connectivity index (χ4v) is 1.27. The Morgan fingerprint density at radius 1 is 1.43 bits per heavy atom. The highest BCUT2D eigenvalue weighted by Crippen LogP contribution is 2.28. The molecule has 0 aliphatic heterocycles. The molecule has 2 rings (SSSR count). The quantitative estimate of drug-likeness (QED) is 0.716. The van der Waals surface area contributed by atoms with Crippen LogP contribution in [0.25, 0.3) is 11.0 Å². The van der Waals surface area contributed by atoms with Gasteiger partial charge in [-0.15, -0.1) is 0 Å². The van der Waals surface area contributed by atoms with Gasteiger partial charge in [0, 0.05) is 11.5 Å². The summed E-state index contributed by atoms with van der Waals surface area (Å²) in [5.41, 5.74) is 10.9. The van der Waals surface area contributed by atoms with Gasteiger partial charge in [0.25, 0.3) is 5.91 Å². The van der Waals surface area contributed by atoms with Crippen LogP contribution in [0.2, 0.25) is 0 Å². The molecule has 0 aliphatic carbocycles. The summed E-state index contributed by atoms with van der Waals surface area (Å²) in [4.78, 5) is 10.8. The van der Waals surface area contributed by atoms with Gasteiger partial charge in [-0.2, -0.15) is 0 Å². The Hall–Kier alpha value is -2.04. The number of benzene rings is 1. The molecule has 0 atom stereocenters. The van der Waals surface area contributed by atoms with Crippen LogP contribution in [0.1, 0.15) is 10.6 Å². The zero-order valence-electron chi connectivity index (χ0n) is 7.08. The van der Waals surface area contributed by atoms with E-state index in [9.17, 15) is 9.18 Å². The van der Waals surface area contributed by atoms with Crippen LogP contribution in [0.3, 0.4) is 0 Å². The molecule has 1 heterocycles. The second-order valence-electron chi connectivity index (χ2n) is 2.85. The van der Waals surface area contributed by atoms with Gasteiger partial charge in [-0.25, -0.2) is 4.39 Å². The third-order valence-corrected chi connectivity index (χ3v) is 1.91. The second kappa shape index (κ2) is 2.73. The van der Waals surface area contributed by atoms with Crippen molar-refractivity contribution in [3.05, 3.63) is 29.8 Å². The number of fused-ring (bicyclic) bond motifs is 1. The van der Waals surface area contributed by atoms with E-state index in [1.165, 1.54) is 12.1 Å². The lowest BCUT2D eigenvalue weighted by atomic mass is 10.2. The Bertz CT molecular complexity index is 519. The van der Waals surface area contributed by atoms with E-state index in [0.29, 0.717) is 5.39 Å². The van der Waals surface area contributed by atoms with E-state index in [1.54, 1.807) is 0 Å². The largest absolute Gasteiger partial charge is 0.449 e. The molecule has 2 aromatic rings. The van der Waals surface area contributed by atoms with Gasteiger partial charge >= 0.3 is 0 Å². The van der Waals surface area contributed by atoms with Gasteiger partial charge in [-0.1, -0.05) is 0 Å². The number of carbonyl (C=O) groups is 1. The summed E-state index contributed by atoms with van der Waals surface area (Å²) < 4.78 is 17.8. The summed E-state index contributed by atoms with van der Waals surface area (Å²) in [7, 11) is 0. The number of hydrogen-bond donors (Lipinski definition) is 2. The highest BCUT2D eigenvalue weighted by molar-refractivity contribution is 6.04. The molecule has 1 amide bonds. The van der Waals surface area contributed by atoms with Crippen molar-refractivity contribution in [2.45, 2.75) is 0 Å². The van der Waals surface area contributed by atoms with Crippen molar-refractivity contribution in [2.24, 2.45) is 5.73 Å². The fraction of sp³-hybridized carbons (Fsp3) is 0. The maximum absolute atomic E-state index is 12.8. The fourth-order valence-electron chi connectivity index (χ4n) is 1.27. The van der Waals surface area contributed by atoms with Crippen molar-refractivity contribution in [3.63, 3.8) is 0 Å². The van der Waals surface area contributed by atoms with Gasteiger partial charge in [0.2, 0.25) is 5.76 Å². The first-order valence-electron chi connectivity index (χ1n) is 3.87. The molecule has 0 saturated carbocycles. The third kappa shape index (κ3) is 1.10. The van der Waals surface area contributed by atoms with Crippen molar-refractivity contribution in [2.75, 3.05) is 5.73 Å². The highest BCUT2D eigenvalue weighted by atomic mass is 19.1. The average molecular weight is 194 g/mol. The van der Waals surface area contributed by atoms with Crippen LogP contribution in [0.15, 0.2) is 22.6 Å². The number of anilines is 1. The standard InChI is InChI=1S/C9H7FN2O2/c10-4-1-2-5-6(3-4)14-8(7(5)11)9(12)13/h1-3H,11H2,(H2,12,13). The first-order valence-corrected chi connectivity index (χ1v) is 3.87. The van der Waals surface area contributed by atoms with E-state index in [1.807, 2.05) is 0 Å². The number of amides is 1. The molecular weight excluding hydrogens is 187 g/mol. The molecule has 0 saturated heterocycles. The first-order chi connectivity index (χ1) is 6.59.